The lowest BCUT2D eigenvalue weighted by Crippen LogP contribution is -2.28. The summed E-state index contributed by atoms with van der Waals surface area (Å²) in [6.07, 6.45) is 0. The number of benzene rings is 12. The van der Waals surface area contributed by atoms with Gasteiger partial charge in [0.25, 0.3) is 0 Å². The molecule has 2 nitrogen and oxygen atoms in total. The van der Waals surface area contributed by atoms with Crippen LogP contribution in [0.2, 0.25) is 0 Å². The summed E-state index contributed by atoms with van der Waals surface area (Å²) < 4.78 is 7.39. The lowest BCUT2D eigenvalue weighted by molar-refractivity contribution is 0.648. The average molecular weight is 968 g/mol. The summed E-state index contributed by atoms with van der Waals surface area (Å²) in [7, 11) is 0. The van der Waals surface area contributed by atoms with Crippen LogP contribution in [0, 0.1) is 0 Å². The standard InChI is InChI=1S/C74H49NO/c1-5-21-50(22-6-1)51-39-41-52(42-40-51)53-43-45-57(46-44-53)75(58-47-48-62-61-31-13-16-33-64(61)73(68(62)49-58,54-23-7-2-8-24-54)55-25-9-3-10-26-55)69-37-20-38-70-71(69)63-32-19-36-67(72(63)76-70)74(56-27-11-4-12-28-56)65-34-17-14-29-59(65)60-30-15-18-35-66(60)74/h1-49H. The molecule has 1 aromatic heterocycles. The molecule has 2 aliphatic carbocycles. The topological polar surface area (TPSA) is 16.4 Å². The molecule has 0 amide bonds. The normalized spacial score (nSPS) is 13.5. The van der Waals surface area contributed by atoms with Crippen LogP contribution in [-0.2, 0) is 10.8 Å². The van der Waals surface area contributed by atoms with Crippen LogP contribution in [-0.4, -0.2) is 0 Å². The Balaban J connectivity index is 0.973. The zero-order valence-corrected chi connectivity index (χ0v) is 41.6. The van der Waals surface area contributed by atoms with Crippen LogP contribution in [0.15, 0.2) is 302 Å². The summed E-state index contributed by atoms with van der Waals surface area (Å²) in [5, 5.41) is 2.13. The smallest absolute Gasteiger partial charge is 0.140 e. The van der Waals surface area contributed by atoms with Crippen molar-refractivity contribution < 1.29 is 4.42 Å². The first-order chi connectivity index (χ1) is 37.7. The van der Waals surface area contributed by atoms with Crippen molar-refractivity contribution in [2.45, 2.75) is 10.8 Å². The molecule has 0 bridgehead atoms. The van der Waals surface area contributed by atoms with Crippen molar-refractivity contribution in [3.05, 3.63) is 342 Å². The van der Waals surface area contributed by atoms with Crippen LogP contribution in [0.1, 0.15) is 44.5 Å². The van der Waals surface area contributed by atoms with Gasteiger partial charge in [0.1, 0.15) is 11.2 Å². The van der Waals surface area contributed by atoms with Gasteiger partial charge in [-0.15, -0.1) is 0 Å². The molecule has 13 aromatic rings. The van der Waals surface area contributed by atoms with Crippen molar-refractivity contribution >= 4 is 39.0 Å². The van der Waals surface area contributed by atoms with E-state index >= 15 is 0 Å². The Hall–Kier alpha value is -9.76. The molecular formula is C74H49NO. The molecule has 76 heavy (non-hydrogen) atoms. The third-order valence-electron chi connectivity index (χ3n) is 16.5. The van der Waals surface area contributed by atoms with Gasteiger partial charge in [-0.2, -0.15) is 0 Å². The predicted octanol–water partition coefficient (Wildman–Crippen LogP) is 19.1. The van der Waals surface area contributed by atoms with Crippen LogP contribution >= 0.6 is 0 Å². The van der Waals surface area contributed by atoms with E-state index in [0.717, 1.165) is 50.1 Å². The van der Waals surface area contributed by atoms with E-state index in [1.54, 1.807) is 0 Å². The van der Waals surface area contributed by atoms with E-state index in [1.807, 2.05) is 0 Å². The van der Waals surface area contributed by atoms with Crippen molar-refractivity contribution in [2.75, 3.05) is 4.90 Å². The van der Waals surface area contributed by atoms with Gasteiger partial charge < -0.3 is 9.32 Å². The Bertz CT molecular complexity index is 4230. The van der Waals surface area contributed by atoms with Crippen molar-refractivity contribution in [3.63, 3.8) is 0 Å². The summed E-state index contributed by atoms with van der Waals surface area (Å²) in [5.41, 5.74) is 23.2. The van der Waals surface area contributed by atoms with Crippen LogP contribution in [0.5, 0.6) is 0 Å². The van der Waals surface area contributed by atoms with E-state index in [1.165, 1.54) is 77.9 Å². The van der Waals surface area contributed by atoms with Crippen LogP contribution in [0.4, 0.5) is 17.1 Å². The number of furan rings is 1. The van der Waals surface area contributed by atoms with Crippen molar-refractivity contribution in [3.8, 4) is 44.5 Å². The van der Waals surface area contributed by atoms with E-state index in [0.29, 0.717) is 0 Å². The number of fused-ring (bicyclic) bond motifs is 9. The second-order valence-electron chi connectivity index (χ2n) is 20.2. The summed E-state index contributed by atoms with van der Waals surface area (Å²) >= 11 is 0. The first kappa shape index (κ1) is 43.8. The van der Waals surface area contributed by atoms with Crippen LogP contribution < -0.4 is 4.90 Å². The minimum absolute atomic E-state index is 0.575. The second-order valence-corrected chi connectivity index (χ2v) is 20.2. The quantitative estimate of drug-likeness (QED) is 0.143. The molecular weight excluding hydrogens is 919 g/mol. The summed E-state index contributed by atoms with van der Waals surface area (Å²) in [6.45, 7) is 0. The Labute approximate surface area is 443 Å². The van der Waals surface area contributed by atoms with E-state index in [4.69, 9.17) is 4.42 Å². The fourth-order valence-corrected chi connectivity index (χ4v) is 13.3. The summed E-state index contributed by atoms with van der Waals surface area (Å²) in [5.74, 6) is 0. The highest BCUT2D eigenvalue weighted by atomic mass is 16.3. The molecule has 0 radical (unpaired) electrons. The van der Waals surface area contributed by atoms with Gasteiger partial charge in [-0.1, -0.05) is 261 Å². The van der Waals surface area contributed by atoms with Gasteiger partial charge in [0.05, 0.1) is 21.9 Å². The number of para-hydroxylation sites is 1. The van der Waals surface area contributed by atoms with E-state index in [-0.39, 0.29) is 0 Å². The van der Waals surface area contributed by atoms with Crippen LogP contribution in [0.25, 0.3) is 66.4 Å². The molecule has 0 atom stereocenters. The third-order valence-corrected chi connectivity index (χ3v) is 16.5. The molecule has 2 heteroatoms. The fraction of sp³-hybridized carbons (Fsp3) is 0.0270. The molecule has 15 rings (SSSR count). The largest absolute Gasteiger partial charge is 0.456 e. The highest BCUT2D eigenvalue weighted by Gasteiger charge is 2.48. The van der Waals surface area contributed by atoms with Gasteiger partial charge in [0.15, 0.2) is 0 Å². The molecule has 1 heterocycles. The fourth-order valence-electron chi connectivity index (χ4n) is 13.3. The van der Waals surface area contributed by atoms with Gasteiger partial charge in [0, 0.05) is 22.3 Å². The number of hydrogen-bond acceptors (Lipinski definition) is 2. The SMILES string of the molecule is c1ccc(-c2ccc(-c3ccc(N(c4ccc5c(c4)C(c4ccccc4)(c4ccccc4)c4ccccc4-5)c4cccc5oc6c(C7(c8ccccc8)c8ccccc8-c8ccccc87)cccc6c45)cc3)cc2)cc1. The zero-order chi connectivity index (χ0) is 50.2. The number of anilines is 3. The van der Waals surface area contributed by atoms with E-state index in [9.17, 15) is 0 Å². The second kappa shape index (κ2) is 17.4. The average Bonchev–Trinajstić information content (AvgIpc) is 4.33. The molecule has 0 aliphatic heterocycles. The molecule has 2 aliphatic rings. The third kappa shape index (κ3) is 6.41. The Kier molecular flexibility index (Phi) is 10.0. The predicted molar refractivity (Wildman–Crippen MR) is 314 cm³/mol. The van der Waals surface area contributed by atoms with Crippen LogP contribution in [0.3, 0.4) is 0 Å². The summed E-state index contributed by atoms with van der Waals surface area (Å²) in [4.78, 5) is 2.46. The van der Waals surface area contributed by atoms with Crippen molar-refractivity contribution in [1.82, 2.24) is 0 Å². The lowest BCUT2D eigenvalue weighted by atomic mass is 9.67. The summed E-state index contributed by atoms with van der Waals surface area (Å²) in [6, 6.07) is 109. The Morgan fingerprint density at radius 1 is 0.276 bits per heavy atom. The highest BCUT2D eigenvalue weighted by Crippen LogP contribution is 2.60. The monoisotopic (exact) mass is 967 g/mol. The maximum atomic E-state index is 7.39. The van der Waals surface area contributed by atoms with Gasteiger partial charge >= 0.3 is 0 Å². The minimum atomic E-state index is -0.635. The minimum Gasteiger partial charge on any atom is -0.456 e. The Morgan fingerprint density at radius 3 is 1.24 bits per heavy atom. The first-order valence-corrected chi connectivity index (χ1v) is 26.3. The zero-order valence-electron chi connectivity index (χ0n) is 41.6. The van der Waals surface area contributed by atoms with Gasteiger partial charge in [-0.3, -0.25) is 0 Å². The molecule has 0 fully saturated rings. The molecule has 0 unspecified atom stereocenters. The van der Waals surface area contributed by atoms with Crippen molar-refractivity contribution in [1.29, 1.82) is 0 Å². The number of rotatable bonds is 9. The van der Waals surface area contributed by atoms with E-state index in [2.05, 4.69) is 302 Å². The maximum absolute atomic E-state index is 7.39. The maximum Gasteiger partial charge on any atom is 0.140 e. The van der Waals surface area contributed by atoms with Gasteiger partial charge in [0.2, 0.25) is 0 Å². The number of nitrogens with zero attached hydrogens (tertiary/aromatic N) is 1. The number of hydrogen-bond donors (Lipinski definition) is 0. The van der Waals surface area contributed by atoms with Gasteiger partial charge in [-0.25, -0.2) is 0 Å². The van der Waals surface area contributed by atoms with E-state index < -0.39 is 10.8 Å². The molecule has 12 aromatic carbocycles. The molecule has 0 N–H and O–H groups in total. The molecule has 0 saturated carbocycles. The highest BCUT2D eigenvalue weighted by molar-refractivity contribution is 6.15. The van der Waals surface area contributed by atoms with Gasteiger partial charge in [-0.05, 0) is 120 Å². The molecule has 0 spiro atoms. The van der Waals surface area contributed by atoms with Crippen molar-refractivity contribution in [2.24, 2.45) is 0 Å². The lowest BCUT2D eigenvalue weighted by Gasteiger charge is -2.35. The Morgan fingerprint density at radius 2 is 0.684 bits per heavy atom. The first-order valence-electron chi connectivity index (χ1n) is 26.3. The molecule has 0 saturated heterocycles. The molecule has 356 valence electrons.